The molecule has 3 aromatic heterocycles. The largest absolute Gasteiger partial charge is 0.484 e. The maximum atomic E-state index is 13.2. The predicted octanol–water partition coefficient (Wildman–Crippen LogP) is 6.26. The molecule has 1 fully saturated rings. The van der Waals surface area contributed by atoms with Crippen molar-refractivity contribution in [2.45, 2.75) is 81.6 Å². The second-order valence-corrected chi connectivity index (χ2v) is 13.5. The molecule has 4 aromatic rings. The van der Waals surface area contributed by atoms with Crippen molar-refractivity contribution in [1.29, 1.82) is 0 Å². The number of ether oxygens (including phenoxy) is 1. The minimum atomic E-state index is -0.291. The van der Waals surface area contributed by atoms with Crippen LogP contribution >= 0.6 is 11.8 Å². The second-order valence-electron chi connectivity index (χ2n) is 12.8. The molecule has 1 saturated heterocycles. The molecule has 2 aliphatic rings. The number of nitrogens with one attached hydrogen (secondary N) is 2. The molecule has 0 radical (unpaired) electrons. The highest BCUT2D eigenvalue weighted by Crippen LogP contribution is 2.40. The molecule has 1 aliphatic heterocycles. The van der Waals surface area contributed by atoms with Crippen LogP contribution in [0.1, 0.15) is 88.2 Å². The van der Waals surface area contributed by atoms with Crippen LogP contribution in [0.5, 0.6) is 5.75 Å². The average molecular weight is 601 g/mol. The van der Waals surface area contributed by atoms with Crippen LogP contribution < -0.4 is 15.4 Å². The van der Waals surface area contributed by atoms with Crippen LogP contribution in [-0.4, -0.2) is 55.3 Å². The molecule has 10 nitrogen and oxygen atoms in total. The van der Waals surface area contributed by atoms with Gasteiger partial charge in [-0.3, -0.25) is 14.6 Å². The lowest BCUT2D eigenvalue weighted by Gasteiger charge is -2.32. The second kappa shape index (κ2) is 11.4. The standard InChI is InChI=1S/C32H40N8O2S/c1-31(2,3)25-18-26(36-30(34-25)43-6)35-29(41)33-23-13-14-24(22-11-8-7-10-21(22)23)42-20-12-15-27-37-38-28(40(27)19-20)32(4)16-9-17-39(32)5/h7-8,10-12,15,18-19,23-24H,9,13-14,16-17H2,1-6H3,(H2,33,34,35,36,41)/t23-,24+,32?/m0/s1. The Morgan fingerprint density at radius 3 is 2.60 bits per heavy atom. The first kappa shape index (κ1) is 29.4. The molecule has 1 unspecified atom stereocenters. The van der Waals surface area contributed by atoms with Crippen LogP contribution in [0.25, 0.3) is 5.65 Å². The van der Waals surface area contributed by atoms with E-state index in [4.69, 9.17) is 4.74 Å². The van der Waals surface area contributed by atoms with Gasteiger partial charge in [-0.05, 0) is 75.7 Å². The third kappa shape index (κ3) is 5.80. The van der Waals surface area contributed by atoms with Gasteiger partial charge in [0.15, 0.2) is 16.6 Å². The van der Waals surface area contributed by atoms with E-state index in [1.54, 1.807) is 0 Å². The summed E-state index contributed by atoms with van der Waals surface area (Å²) in [6, 6.07) is 13.5. The van der Waals surface area contributed by atoms with Gasteiger partial charge in [0.2, 0.25) is 0 Å². The minimum Gasteiger partial charge on any atom is -0.484 e. The van der Waals surface area contributed by atoms with Crippen molar-refractivity contribution in [2.24, 2.45) is 0 Å². The smallest absolute Gasteiger partial charge is 0.320 e. The van der Waals surface area contributed by atoms with E-state index in [1.807, 2.05) is 42.8 Å². The van der Waals surface area contributed by atoms with E-state index >= 15 is 0 Å². The number of nitrogens with zero attached hydrogens (tertiary/aromatic N) is 6. The summed E-state index contributed by atoms with van der Waals surface area (Å²) in [4.78, 5) is 24.7. The summed E-state index contributed by atoms with van der Waals surface area (Å²) in [5, 5.41) is 15.8. The number of aromatic nitrogens is 5. The topological polar surface area (TPSA) is 110 Å². The van der Waals surface area contributed by atoms with Gasteiger partial charge < -0.3 is 10.1 Å². The number of carbonyl (C=O) groups is 1. The summed E-state index contributed by atoms with van der Waals surface area (Å²) in [6.07, 6.45) is 7.49. The van der Waals surface area contributed by atoms with E-state index in [2.05, 4.69) is 87.0 Å². The molecule has 226 valence electrons. The Kier molecular flexibility index (Phi) is 7.80. The first-order valence-corrected chi connectivity index (χ1v) is 16.1. The van der Waals surface area contributed by atoms with Crippen molar-refractivity contribution in [1.82, 2.24) is 34.8 Å². The fourth-order valence-corrected chi connectivity index (χ4v) is 6.53. The Hall–Kier alpha value is -3.70. The Morgan fingerprint density at radius 1 is 1.09 bits per heavy atom. The quantitative estimate of drug-likeness (QED) is 0.197. The Balaban J connectivity index is 1.19. The maximum absolute atomic E-state index is 13.2. The predicted molar refractivity (Wildman–Crippen MR) is 169 cm³/mol. The highest BCUT2D eigenvalue weighted by atomic mass is 32.2. The van der Waals surface area contributed by atoms with Gasteiger partial charge in [-0.15, -0.1) is 10.2 Å². The molecule has 11 heteroatoms. The number of hydrogen-bond acceptors (Lipinski definition) is 8. The molecule has 2 N–H and O–H groups in total. The molecular formula is C32H40N8O2S. The lowest BCUT2D eigenvalue weighted by molar-refractivity contribution is 0.170. The highest BCUT2D eigenvalue weighted by molar-refractivity contribution is 7.98. The van der Waals surface area contributed by atoms with E-state index in [0.29, 0.717) is 11.0 Å². The van der Waals surface area contributed by atoms with Crippen molar-refractivity contribution in [2.75, 3.05) is 25.2 Å². The fraction of sp³-hybridized carbons (Fsp3) is 0.469. The first-order chi connectivity index (χ1) is 20.5. The fourth-order valence-electron chi connectivity index (χ4n) is 6.15. The van der Waals surface area contributed by atoms with E-state index in [1.165, 1.54) is 11.8 Å². The molecule has 6 rings (SSSR count). The molecule has 0 bridgehead atoms. The number of fused-ring (bicyclic) bond motifs is 2. The molecule has 1 aromatic carbocycles. The van der Waals surface area contributed by atoms with Crippen LogP contribution in [0, 0.1) is 0 Å². The maximum Gasteiger partial charge on any atom is 0.320 e. The number of thioether (sulfide) groups is 1. The summed E-state index contributed by atoms with van der Waals surface area (Å²) in [6.45, 7) is 9.57. The summed E-state index contributed by atoms with van der Waals surface area (Å²) < 4.78 is 8.69. The number of urea groups is 1. The summed E-state index contributed by atoms with van der Waals surface area (Å²) in [7, 11) is 2.15. The van der Waals surface area contributed by atoms with Crippen molar-refractivity contribution >= 4 is 29.3 Å². The van der Waals surface area contributed by atoms with E-state index in [0.717, 1.165) is 66.3 Å². The van der Waals surface area contributed by atoms with Gasteiger partial charge in [0.05, 0.1) is 23.5 Å². The molecule has 0 saturated carbocycles. The van der Waals surface area contributed by atoms with Gasteiger partial charge >= 0.3 is 6.03 Å². The van der Waals surface area contributed by atoms with Crippen molar-refractivity contribution < 1.29 is 9.53 Å². The monoisotopic (exact) mass is 600 g/mol. The molecule has 4 heterocycles. The highest BCUT2D eigenvalue weighted by Gasteiger charge is 2.40. The lowest BCUT2D eigenvalue weighted by atomic mass is 9.85. The summed E-state index contributed by atoms with van der Waals surface area (Å²) in [5.41, 5.74) is 3.50. The van der Waals surface area contributed by atoms with Crippen LogP contribution in [0.2, 0.25) is 0 Å². The zero-order chi connectivity index (χ0) is 30.4. The zero-order valence-electron chi connectivity index (χ0n) is 25.7. The normalized spacial score (nSPS) is 22.4. The van der Waals surface area contributed by atoms with Gasteiger partial charge in [0, 0.05) is 11.5 Å². The van der Waals surface area contributed by atoms with Crippen LogP contribution in [0.4, 0.5) is 10.6 Å². The van der Waals surface area contributed by atoms with Crippen LogP contribution in [-0.2, 0) is 11.0 Å². The SMILES string of the molecule is CSc1nc(NC(=O)N[C@H]2CC[C@@H](Oc3ccc4nnc(C5(C)CCCN5C)n4c3)c3ccccc32)cc(C(C)(C)C)n1. The number of benzene rings is 1. The molecule has 2 amide bonds. The van der Waals surface area contributed by atoms with Crippen molar-refractivity contribution in [3.05, 3.63) is 71.3 Å². The van der Waals surface area contributed by atoms with Gasteiger partial charge in [-0.25, -0.2) is 14.8 Å². The van der Waals surface area contributed by atoms with Gasteiger partial charge in [-0.1, -0.05) is 56.8 Å². The number of rotatable bonds is 6. The Bertz CT molecular complexity index is 1650. The number of likely N-dealkylation sites (tertiary alicyclic amines) is 1. The number of amides is 2. The van der Waals surface area contributed by atoms with E-state index < -0.39 is 0 Å². The van der Waals surface area contributed by atoms with Crippen LogP contribution in [0.15, 0.2) is 53.8 Å². The number of hydrogen-bond donors (Lipinski definition) is 2. The Labute approximate surface area is 257 Å². The average Bonchev–Trinajstić information content (AvgIpc) is 3.56. The van der Waals surface area contributed by atoms with E-state index in [-0.39, 0.29) is 29.1 Å². The summed E-state index contributed by atoms with van der Waals surface area (Å²) in [5.74, 6) is 2.20. The third-order valence-electron chi connectivity index (χ3n) is 8.77. The zero-order valence-corrected chi connectivity index (χ0v) is 26.5. The number of anilines is 1. The van der Waals surface area contributed by atoms with Crippen molar-refractivity contribution in [3.63, 3.8) is 0 Å². The molecule has 1 aliphatic carbocycles. The van der Waals surface area contributed by atoms with Gasteiger partial charge in [0.1, 0.15) is 17.7 Å². The van der Waals surface area contributed by atoms with Gasteiger partial charge in [-0.2, -0.15) is 0 Å². The number of carbonyl (C=O) groups excluding carboxylic acids is 1. The lowest BCUT2D eigenvalue weighted by Crippen LogP contribution is -2.37. The molecule has 0 spiro atoms. The molecule has 3 atom stereocenters. The molecular weight excluding hydrogens is 560 g/mol. The van der Waals surface area contributed by atoms with Crippen LogP contribution in [0.3, 0.4) is 0 Å². The first-order valence-electron chi connectivity index (χ1n) is 14.9. The summed E-state index contributed by atoms with van der Waals surface area (Å²) >= 11 is 1.46. The van der Waals surface area contributed by atoms with E-state index in [9.17, 15) is 4.79 Å². The minimum absolute atomic E-state index is 0.139. The van der Waals surface area contributed by atoms with Gasteiger partial charge in [0.25, 0.3) is 0 Å². The Morgan fingerprint density at radius 2 is 1.88 bits per heavy atom. The third-order valence-corrected chi connectivity index (χ3v) is 9.32. The number of pyridine rings is 1. The molecule has 43 heavy (non-hydrogen) atoms. The van der Waals surface area contributed by atoms with Crippen molar-refractivity contribution in [3.8, 4) is 5.75 Å².